The molecule has 0 bridgehead atoms. The monoisotopic (exact) mass is 466 g/mol. The summed E-state index contributed by atoms with van der Waals surface area (Å²) in [7, 11) is 0. The van der Waals surface area contributed by atoms with Crippen LogP contribution in [-0.4, -0.2) is 17.8 Å². The molecule has 1 aromatic heterocycles. The summed E-state index contributed by atoms with van der Waals surface area (Å²) >= 11 is 1.43. The fraction of sp³-hybridized carbons (Fsp3) is 0. The summed E-state index contributed by atoms with van der Waals surface area (Å²) in [6.07, 6.45) is 1.39. The highest BCUT2D eigenvalue weighted by Gasteiger charge is 2.43. The van der Waals surface area contributed by atoms with Crippen molar-refractivity contribution in [2.45, 2.75) is 9.99 Å². The van der Waals surface area contributed by atoms with Crippen molar-refractivity contribution in [3.8, 4) is 0 Å². The van der Waals surface area contributed by atoms with E-state index >= 15 is 0 Å². The van der Waals surface area contributed by atoms with Crippen molar-refractivity contribution in [2.24, 2.45) is 0 Å². The Hall–Kier alpha value is -4.36. The molecule has 7 heteroatoms. The third-order valence-corrected chi connectivity index (χ3v) is 6.06. The molecular weight excluding hydrogens is 448 g/mol. The number of benzene rings is 3. The van der Waals surface area contributed by atoms with Gasteiger partial charge in [0.25, 0.3) is 11.8 Å². The number of anilines is 2. The van der Waals surface area contributed by atoms with E-state index in [0.29, 0.717) is 22.2 Å². The highest BCUT2D eigenvalue weighted by Crippen LogP contribution is 2.32. The minimum atomic E-state index is -0.732. The molecule has 5 rings (SSSR count). The molecule has 0 N–H and O–H groups in total. The number of hydrogen-bond donors (Lipinski definition) is 0. The Balaban J connectivity index is 1.54. The molecule has 0 aliphatic carbocycles. The fourth-order valence-corrected chi connectivity index (χ4v) is 4.35. The second kappa shape index (κ2) is 9.25. The largest absolute Gasteiger partial charge is 0.450 e. The molecular formula is C27H18N2O4S. The van der Waals surface area contributed by atoms with Gasteiger partial charge in [0.05, 0.1) is 11.4 Å². The maximum Gasteiger partial charge on any atom is 0.343 e. The Morgan fingerprint density at radius 3 is 1.65 bits per heavy atom. The van der Waals surface area contributed by atoms with Crippen LogP contribution in [0, 0.1) is 0 Å². The molecule has 1 fully saturated rings. The Bertz CT molecular complexity index is 1320. The minimum absolute atomic E-state index is 0.169. The number of imide groups is 2. The zero-order chi connectivity index (χ0) is 23.5. The van der Waals surface area contributed by atoms with Crippen molar-refractivity contribution < 1.29 is 18.8 Å². The van der Waals surface area contributed by atoms with Crippen LogP contribution in [0.4, 0.5) is 16.2 Å². The lowest BCUT2D eigenvalue weighted by Gasteiger charge is -2.33. The number of para-hydroxylation sites is 2. The standard InChI is InChI=1S/C27H18N2O4S/c30-25-23(18-21-16-17-24(33-21)34-22-14-8-3-9-15-22)26(31)29(20-12-6-2-7-13-20)27(32)28(25)19-10-4-1-5-11-19/h1-18H. The summed E-state index contributed by atoms with van der Waals surface area (Å²) in [6.45, 7) is 0. The first kappa shape index (κ1) is 21.5. The first-order valence-corrected chi connectivity index (χ1v) is 11.3. The van der Waals surface area contributed by atoms with Gasteiger partial charge >= 0.3 is 6.03 Å². The zero-order valence-corrected chi connectivity index (χ0v) is 18.6. The van der Waals surface area contributed by atoms with Gasteiger partial charge in [-0.3, -0.25) is 9.59 Å². The highest BCUT2D eigenvalue weighted by atomic mass is 32.2. The van der Waals surface area contributed by atoms with E-state index in [-0.39, 0.29) is 5.57 Å². The number of carbonyl (C=O) groups excluding carboxylic acids is 3. The molecule has 4 amide bonds. The van der Waals surface area contributed by atoms with Crippen molar-refractivity contribution in [3.05, 3.63) is 114 Å². The predicted molar refractivity (Wildman–Crippen MR) is 131 cm³/mol. The van der Waals surface area contributed by atoms with Gasteiger partial charge in [0.2, 0.25) is 0 Å². The van der Waals surface area contributed by atoms with Gasteiger partial charge in [-0.15, -0.1) is 0 Å². The third kappa shape index (κ3) is 4.16. The van der Waals surface area contributed by atoms with Gasteiger partial charge in [0.15, 0.2) is 5.09 Å². The van der Waals surface area contributed by atoms with Crippen molar-refractivity contribution >= 4 is 47.1 Å². The lowest BCUT2D eigenvalue weighted by molar-refractivity contribution is -0.121. The molecule has 0 radical (unpaired) electrons. The van der Waals surface area contributed by atoms with E-state index in [4.69, 9.17) is 4.42 Å². The number of furan rings is 1. The minimum Gasteiger partial charge on any atom is -0.450 e. The summed E-state index contributed by atoms with van der Waals surface area (Å²) in [6, 6.07) is 29.5. The topological polar surface area (TPSA) is 70.8 Å². The van der Waals surface area contributed by atoms with Crippen molar-refractivity contribution in [2.75, 3.05) is 9.80 Å². The van der Waals surface area contributed by atoms with E-state index in [0.717, 1.165) is 14.7 Å². The fourth-order valence-electron chi connectivity index (χ4n) is 3.55. The van der Waals surface area contributed by atoms with Crippen molar-refractivity contribution in [1.29, 1.82) is 0 Å². The van der Waals surface area contributed by atoms with Crippen LogP contribution in [0.25, 0.3) is 6.08 Å². The maximum absolute atomic E-state index is 13.4. The summed E-state index contributed by atoms with van der Waals surface area (Å²) in [5.74, 6) is -1.07. The van der Waals surface area contributed by atoms with Crippen LogP contribution in [0.2, 0.25) is 0 Å². The SMILES string of the molecule is O=C1C(=Cc2ccc(Sc3ccccc3)o2)C(=O)N(c2ccccc2)C(=O)N1c1ccccc1. The van der Waals surface area contributed by atoms with E-state index in [1.807, 2.05) is 30.3 Å². The van der Waals surface area contributed by atoms with Gasteiger partial charge in [-0.2, -0.15) is 0 Å². The van der Waals surface area contributed by atoms with Gasteiger partial charge in [0.1, 0.15) is 11.3 Å². The Morgan fingerprint density at radius 1 is 0.618 bits per heavy atom. The maximum atomic E-state index is 13.4. The summed E-state index contributed by atoms with van der Waals surface area (Å²) in [4.78, 5) is 43.0. The van der Waals surface area contributed by atoms with Gasteiger partial charge in [-0.25, -0.2) is 14.6 Å². The van der Waals surface area contributed by atoms with Crippen molar-refractivity contribution in [3.63, 3.8) is 0 Å². The average molecular weight is 467 g/mol. The van der Waals surface area contributed by atoms with Gasteiger partial charge in [0, 0.05) is 4.90 Å². The second-order valence-electron chi connectivity index (χ2n) is 7.36. The molecule has 3 aromatic carbocycles. The predicted octanol–water partition coefficient (Wildman–Crippen LogP) is 6.01. The highest BCUT2D eigenvalue weighted by molar-refractivity contribution is 7.99. The van der Waals surface area contributed by atoms with E-state index in [2.05, 4.69) is 0 Å². The molecule has 1 saturated heterocycles. The summed E-state index contributed by atoms with van der Waals surface area (Å²) in [5, 5.41) is 0.615. The number of rotatable bonds is 5. The van der Waals surface area contributed by atoms with E-state index in [1.165, 1.54) is 17.8 Å². The molecule has 0 spiro atoms. The quantitative estimate of drug-likeness (QED) is 0.266. The number of carbonyl (C=O) groups is 3. The normalized spacial score (nSPS) is 14.0. The molecule has 1 aliphatic rings. The first-order chi connectivity index (χ1) is 16.6. The van der Waals surface area contributed by atoms with Crippen LogP contribution < -0.4 is 9.80 Å². The lowest BCUT2D eigenvalue weighted by Crippen LogP contribution is -2.57. The molecule has 0 unspecified atom stereocenters. The third-order valence-electron chi connectivity index (χ3n) is 5.13. The number of amides is 4. The number of hydrogen-bond acceptors (Lipinski definition) is 5. The molecule has 4 aromatic rings. The molecule has 34 heavy (non-hydrogen) atoms. The zero-order valence-electron chi connectivity index (χ0n) is 17.8. The van der Waals surface area contributed by atoms with Crippen LogP contribution in [0.3, 0.4) is 0 Å². The molecule has 166 valence electrons. The molecule has 0 saturated carbocycles. The Kier molecular flexibility index (Phi) is 5.84. The van der Waals surface area contributed by atoms with Crippen LogP contribution in [0.15, 0.2) is 123 Å². The number of nitrogens with zero attached hydrogens (tertiary/aromatic N) is 2. The first-order valence-electron chi connectivity index (χ1n) is 10.5. The molecule has 2 heterocycles. The number of urea groups is 1. The van der Waals surface area contributed by atoms with Crippen LogP contribution in [-0.2, 0) is 9.59 Å². The second-order valence-corrected chi connectivity index (χ2v) is 8.44. The van der Waals surface area contributed by atoms with Crippen LogP contribution in [0.1, 0.15) is 5.76 Å². The van der Waals surface area contributed by atoms with Gasteiger partial charge in [-0.1, -0.05) is 66.4 Å². The van der Waals surface area contributed by atoms with Crippen LogP contribution >= 0.6 is 11.8 Å². The lowest BCUT2D eigenvalue weighted by atomic mass is 10.1. The molecule has 1 aliphatic heterocycles. The van der Waals surface area contributed by atoms with Gasteiger partial charge < -0.3 is 4.42 Å². The average Bonchev–Trinajstić information content (AvgIpc) is 3.31. The van der Waals surface area contributed by atoms with E-state index in [1.54, 1.807) is 72.8 Å². The van der Waals surface area contributed by atoms with Crippen molar-refractivity contribution in [1.82, 2.24) is 0 Å². The molecule has 6 nitrogen and oxygen atoms in total. The van der Waals surface area contributed by atoms with Crippen LogP contribution in [0.5, 0.6) is 0 Å². The molecule has 0 atom stereocenters. The summed E-state index contributed by atoms with van der Waals surface area (Å²) in [5.41, 5.74) is 0.575. The van der Waals surface area contributed by atoms with Gasteiger partial charge in [-0.05, 0) is 54.6 Å². The Morgan fingerprint density at radius 2 is 1.12 bits per heavy atom. The Labute approximate surface area is 200 Å². The smallest absolute Gasteiger partial charge is 0.343 e. The van der Waals surface area contributed by atoms with E-state index < -0.39 is 17.8 Å². The number of barbiturate groups is 1. The van der Waals surface area contributed by atoms with E-state index in [9.17, 15) is 14.4 Å². The summed E-state index contributed by atoms with van der Waals surface area (Å²) < 4.78 is 5.86.